The summed E-state index contributed by atoms with van der Waals surface area (Å²) >= 11 is 0. The van der Waals surface area contributed by atoms with Gasteiger partial charge in [0.05, 0.1) is 17.2 Å². The van der Waals surface area contributed by atoms with Crippen LogP contribution < -0.4 is 10.0 Å². The van der Waals surface area contributed by atoms with Crippen molar-refractivity contribution >= 4 is 25.5 Å². The molecule has 0 amide bonds. The predicted octanol–water partition coefficient (Wildman–Crippen LogP) is 0.753. The highest BCUT2D eigenvalue weighted by molar-refractivity contribution is 7.95. The van der Waals surface area contributed by atoms with E-state index in [1.165, 1.54) is 0 Å². The molecular formula is C12H20N2O4S2. The zero-order valence-corrected chi connectivity index (χ0v) is 13.4. The topological polar surface area (TPSA) is 92.3 Å². The monoisotopic (exact) mass is 320 g/mol. The molecule has 1 aromatic rings. The Balaban J connectivity index is 2.93. The molecule has 2 N–H and O–H groups in total. The van der Waals surface area contributed by atoms with Gasteiger partial charge in [-0.3, -0.25) is 4.72 Å². The number of nitrogens with one attached hydrogen (secondary N) is 2. The lowest BCUT2D eigenvalue weighted by Crippen LogP contribution is -2.24. The van der Waals surface area contributed by atoms with Gasteiger partial charge in [0.1, 0.15) is 9.84 Å². The van der Waals surface area contributed by atoms with E-state index in [-0.39, 0.29) is 6.04 Å². The fourth-order valence-electron chi connectivity index (χ4n) is 1.60. The number of rotatable bonds is 7. The lowest BCUT2D eigenvalue weighted by atomic mass is 10.1. The van der Waals surface area contributed by atoms with Crippen molar-refractivity contribution in [3.8, 4) is 0 Å². The molecule has 0 saturated heterocycles. The highest BCUT2D eigenvalue weighted by Gasteiger charge is 2.17. The van der Waals surface area contributed by atoms with E-state index in [1.807, 2.05) is 19.1 Å². The van der Waals surface area contributed by atoms with Gasteiger partial charge in [0, 0.05) is 12.3 Å². The number of benzene rings is 1. The highest BCUT2D eigenvalue weighted by Crippen LogP contribution is 2.23. The van der Waals surface area contributed by atoms with Crippen molar-refractivity contribution in [3.05, 3.63) is 29.8 Å². The van der Waals surface area contributed by atoms with Crippen molar-refractivity contribution in [1.29, 1.82) is 0 Å². The molecule has 6 nitrogen and oxygen atoms in total. The van der Waals surface area contributed by atoms with Crippen LogP contribution in [0.15, 0.2) is 24.3 Å². The molecule has 1 rings (SSSR count). The summed E-state index contributed by atoms with van der Waals surface area (Å²) in [4.78, 5) is 0. The molecule has 114 valence electrons. The zero-order valence-electron chi connectivity index (χ0n) is 11.8. The first-order valence-electron chi connectivity index (χ1n) is 6.09. The van der Waals surface area contributed by atoms with E-state index < -0.39 is 31.4 Å². The van der Waals surface area contributed by atoms with Gasteiger partial charge < -0.3 is 5.32 Å². The summed E-state index contributed by atoms with van der Waals surface area (Å²) in [6, 6.07) is 6.98. The van der Waals surface area contributed by atoms with Gasteiger partial charge in [-0.1, -0.05) is 18.2 Å². The summed E-state index contributed by atoms with van der Waals surface area (Å²) in [7, 11) is -5.22. The van der Waals surface area contributed by atoms with Crippen LogP contribution in [0, 0.1) is 0 Å². The van der Waals surface area contributed by atoms with Crippen LogP contribution in [0.5, 0.6) is 0 Å². The highest BCUT2D eigenvalue weighted by atomic mass is 32.2. The zero-order chi connectivity index (χ0) is 15.4. The quantitative estimate of drug-likeness (QED) is 0.773. The fraction of sp³-hybridized carbons (Fsp3) is 0.500. The Bertz CT molecular complexity index is 654. The van der Waals surface area contributed by atoms with Crippen molar-refractivity contribution in [1.82, 2.24) is 5.32 Å². The molecule has 0 heterocycles. The van der Waals surface area contributed by atoms with E-state index in [2.05, 4.69) is 10.0 Å². The second-order valence-corrected chi connectivity index (χ2v) is 8.75. The molecule has 0 bridgehead atoms. The number of hydrogen-bond donors (Lipinski definition) is 2. The molecule has 0 radical (unpaired) electrons. The van der Waals surface area contributed by atoms with Crippen molar-refractivity contribution in [3.63, 3.8) is 0 Å². The summed E-state index contributed by atoms with van der Waals surface area (Å²) in [6.07, 6.45) is 1.01. The van der Waals surface area contributed by atoms with Crippen molar-refractivity contribution in [2.45, 2.75) is 13.0 Å². The molecule has 0 fully saturated rings. The molecule has 0 spiro atoms. The van der Waals surface area contributed by atoms with Crippen molar-refractivity contribution in [2.75, 3.05) is 29.5 Å². The molecule has 1 unspecified atom stereocenters. The van der Waals surface area contributed by atoms with Gasteiger partial charge in [-0.25, -0.2) is 16.8 Å². The van der Waals surface area contributed by atoms with Crippen LogP contribution >= 0.6 is 0 Å². The average molecular weight is 320 g/mol. The van der Waals surface area contributed by atoms with Crippen LogP contribution in [-0.4, -0.2) is 41.6 Å². The van der Waals surface area contributed by atoms with Crippen LogP contribution in [-0.2, 0) is 19.9 Å². The lowest BCUT2D eigenvalue weighted by Gasteiger charge is -2.17. The van der Waals surface area contributed by atoms with E-state index in [1.54, 1.807) is 19.2 Å². The van der Waals surface area contributed by atoms with Crippen LogP contribution in [0.1, 0.15) is 18.5 Å². The van der Waals surface area contributed by atoms with E-state index in [0.717, 1.165) is 11.8 Å². The Hall–Kier alpha value is -1.12. The Kier molecular flexibility index (Phi) is 5.55. The summed E-state index contributed by atoms with van der Waals surface area (Å²) in [5, 5.41) is 3.03. The molecule has 0 saturated carbocycles. The normalized spacial score (nSPS) is 13.9. The van der Waals surface area contributed by atoms with E-state index in [4.69, 9.17) is 0 Å². The van der Waals surface area contributed by atoms with Gasteiger partial charge in [-0.05, 0) is 25.6 Å². The van der Waals surface area contributed by atoms with Crippen LogP contribution in [0.3, 0.4) is 0 Å². The largest absolute Gasteiger partial charge is 0.313 e. The molecule has 1 aromatic carbocycles. The first kappa shape index (κ1) is 16.9. The third-order valence-electron chi connectivity index (χ3n) is 2.85. The molecule has 8 heteroatoms. The first-order valence-corrected chi connectivity index (χ1v) is 9.80. The molecule has 1 atom stereocenters. The Labute approximate surface area is 120 Å². The average Bonchev–Trinajstić information content (AvgIpc) is 2.35. The number of anilines is 1. The minimum Gasteiger partial charge on any atom is -0.313 e. The molecule has 0 aliphatic carbocycles. The maximum Gasteiger partial charge on any atom is 0.233 e. The second kappa shape index (κ2) is 6.55. The van der Waals surface area contributed by atoms with Gasteiger partial charge in [0.25, 0.3) is 0 Å². The van der Waals surface area contributed by atoms with Gasteiger partial charge in [-0.2, -0.15) is 0 Å². The van der Waals surface area contributed by atoms with Gasteiger partial charge in [0.15, 0.2) is 0 Å². The standard InChI is InChI=1S/C12H20N2O4S2/c1-10(13-2)11-6-4-5-7-12(11)14-20(17,18)9-8-19(3,15)16/h4-7,10,13-14H,8-9H2,1-3H3. The Morgan fingerprint density at radius 2 is 1.70 bits per heavy atom. The van der Waals surface area contributed by atoms with Crippen molar-refractivity contribution < 1.29 is 16.8 Å². The number of hydrogen-bond acceptors (Lipinski definition) is 5. The van der Waals surface area contributed by atoms with E-state index >= 15 is 0 Å². The fourth-order valence-corrected chi connectivity index (χ4v) is 4.31. The minimum atomic E-state index is -3.69. The van der Waals surface area contributed by atoms with E-state index in [9.17, 15) is 16.8 Å². The number of para-hydroxylation sites is 1. The summed E-state index contributed by atoms with van der Waals surface area (Å²) in [5.74, 6) is -0.847. The molecule has 0 aliphatic rings. The third-order valence-corrected chi connectivity index (χ3v) is 5.33. The Morgan fingerprint density at radius 3 is 2.25 bits per heavy atom. The van der Waals surface area contributed by atoms with Crippen LogP contribution in [0.4, 0.5) is 5.69 Å². The van der Waals surface area contributed by atoms with Gasteiger partial charge in [0.2, 0.25) is 10.0 Å². The summed E-state index contributed by atoms with van der Waals surface area (Å²) in [5.41, 5.74) is 1.26. The smallest absolute Gasteiger partial charge is 0.233 e. The number of sulfonamides is 1. The molecular weight excluding hydrogens is 300 g/mol. The van der Waals surface area contributed by atoms with Crippen LogP contribution in [0.25, 0.3) is 0 Å². The predicted molar refractivity (Wildman–Crippen MR) is 81.0 cm³/mol. The first-order chi connectivity index (χ1) is 9.14. The van der Waals surface area contributed by atoms with Gasteiger partial charge in [-0.15, -0.1) is 0 Å². The Morgan fingerprint density at radius 1 is 1.10 bits per heavy atom. The van der Waals surface area contributed by atoms with Crippen LogP contribution in [0.2, 0.25) is 0 Å². The maximum absolute atomic E-state index is 11.9. The molecule has 20 heavy (non-hydrogen) atoms. The third kappa shape index (κ3) is 5.48. The SMILES string of the molecule is CNC(C)c1ccccc1NS(=O)(=O)CCS(C)(=O)=O. The summed E-state index contributed by atoms with van der Waals surface area (Å²) in [6.45, 7) is 1.91. The second-order valence-electron chi connectivity index (χ2n) is 4.65. The van der Waals surface area contributed by atoms with E-state index in [0.29, 0.717) is 5.69 Å². The van der Waals surface area contributed by atoms with Gasteiger partial charge >= 0.3 is 0 Å². The number of sulfone groups is 1. The summed E-state index contributed by atoms with van der Waals surface area (Å²) < 4.78 is 48.4. The lowest BCUT2D eigenvalue weighted by molar-refractivity contribution is 0.593. The maximum atomic E-state index is 11.9. The minimum absolute atomic E-state index is 0.0243. The van der Waals surface area contributed by atoms with Crippen molar-refractivity contribution in [2.24, 2.45) is 0 Å². The molecule has 0 aliphatic heterocycles. The molecule has 0 aromatic heterocycles.